The lowest BCUT2D eigenvalue weighted by molar-refractivity contribution is -0.384. The van der Waals surface area contributed by atoms with E-state index in [9.17, 15) is 19.7 Å². The number of imide groups is 1. The van der Waals surface area contributed by atoms with E-state index in [0.29, 0.717) is 4.91 Å². The smallest absolute Gasteiger partial charge is 0.293 e. The number of nitro groups is 1. The summed E-state index contributed by atoms with van der Waals surface area (Å²) < 4.78 is 2.00. The summed E-state index contributed by atoms with van der Waals surface area (Å²) in [6, 6.07) is 6.51. The zero-order chi connectivity index (χ0) is 20.7. The Hall–Kier alpha value is -2.87. The maximum Gasteiger partial charge on any atom is 0.293 e. The number of hydrogen-bond acceptors (Lipinski definition) is 5. The Morgan fingerprint density at radius 1 is 1.14 bits per heavy atom. The monoisotopic (exact) mass is 399 g/mol. The minimum atomic E-state index is -0.414. The first-order valence-electron chi connectivity index (χ1n) is 8.83. The van der Waals surface area contributed by atoms with Gasteiger partial charge in [0.05, 0.1) is 9.83 Å². The van der Waals surface area contributed by atoms with Gasteiger partial charge in [0.2, 0.25) is 0 Å². The van der Waals surface area contributed by atoms with Gasteiger partial charge >= 0.3 is 0 Å². The number of aryl methyl sites for hydroxylation is 2. The van der Waals surface area contributed by atoms with Crippen molar-refractivity contribution < 1.29 is 14.5 Å². The first-order valence-corrected chi connectivity index (χ1v) is 9.65. The number of rotatable bonds is 4. The van der Waals surface area contributed by atoms with Gasteiger partial charge in [-0.3, -0.25) is 24.6 Å². The lowest BCUT2D eigenvalue weighted by Crippen LogP contribution is -2.34. The molecule has 1 aromatic heterocycles. The molecule has 0 atom stereocenters. The van der Waals surface area contributed by atoms with Crippen molar-refractivity contribution >= 4 is 34.7 Å². The highest BCUT2D eigenvalue weighted by molar-refractivity contribution is 8.18. The summed E-state index contributed by atoms with van der Waals surface area (Å²) in [5.41, 5.74) is 4.34. The molecule has 0 unspecified atom stereocenters. The van der Waals surface area contributed by atoms with E-state index in [0.717, 1.165) is 40.0 Å². The number of nitrogens with zero attached hydrogens (tertiary/aromatic N) is 3. The van der Waals surface area contributed by atoms with Crippen LogP contribution >= 0.6 is 11.8 Å². The lowest BCUT2D eigenvalue weighted by Gasteiger charge is -2.16. The molecule has 1 aliphatic heterocycles. The van der Waals surface area contributed by atoms with E-state index in [1.807, 2.05) is 45.3 Å². The minimum absolute atomic E-state index is 0.0475. The van der Waals surface area contributed by atoms with Gasteiger partial charge in [-0.25, -0.2) is 0 Å². The van der Waals surface area contributed by atoms with Gasteiger partial charge in [-0.2, -0.15) is 0 Å². The molecule has 0 N–H and O–H groups in total. The van der Waals surface area contributed by atoms with Gasteiger partial charge in [-0.1, -0.05) is 0 Å². The third-order valence-electron chi connectivity index (χ3n) is 4.73. The van der Waals surface area contributed by atoms with E-state index < -0.39 is 4.92 Å². The van der Waals surface area contributed by atoms with Gasteiger partial charge < -0.3 is 4.57 Å². The van der Waals surface area contributed by atoms with Crippen LogP contribution in [0.15, 0.2) is 29.2 Å². The van der Waals surface area contributed by atoms with E-state index in [1.165, 1.54) is 11.0 Å². The summed E-state index contributed by atoms with van der Waals surface area (Å²) in [5.74, 6) is -0.277. The van der Waals surface area contributed by atoms with Crippen molar-refractivity contribution in [2.45, 2.75) is 40.7 Å². The number of aromatic nitrogens is 1. The molecule has 7 nitrogen and oxygen atoms in total. The Morgan fingerprint density at radius 2 is 1.82 bits per heavy atom. The van der Waals surface area contributed by atoms with E-state index in [-0.39, 0.29) is 22.9 Å². The molecule has 1 saturated heterocycles. The van der Waals surface area contributed by atoms with Crippen LogP contribution in [0.25, 0.3) is 11.8 Å². The molecule has 3 rings (SSSR count). The number of benzene rings is 1. The largest absolute Gasteiger partial charge is 0.318 e. The van der Waals surface area contributed by atoms with Crippen LogP contribution in [0.3, 0.4) is 0 Å². The number of carbonyl (C=O) groups is 2. The second-order valence-electron chi connectivity index (χ2n) is 7.04. The first kappa shape index (κ1) is 19.9. The topological polar surface area (TPSA) is 85.4 Å². The highest BCUT2D eigenvalue weighted by atomic mass is 32.2. The van der Waals surface area contributed by atoms with Gasteiger partial charge in [0.1, 0.15) is 0 Å². The summed E-state index contributed by atoms with van der Waals surface area (Å²) in [4.78, 5) is 36.9. The molecule has 8 heteroatoms. The molecule has 1 fully saturated rings. The molecular formula is C20H21N3O4S. The summed E-state index contributed by atoms with van der Waals surface area (Å²) in [7, 11) is 0. The highest BCUT2D eigenvalue weighted by Crippen LogP contribution is 2.35. The predicted octanol–water partition coefficient (Wildman–Crippen LogP) is 4.76. The van der Waals surface area contributed by atoms with Crippen LogP contribution in [0.2, 0.25) is 0 Å². The Bertz CT molecular complexity index is 1040. The molecule has 1 aliphatic rings. The van der Waals surface area contributed by atoms with E-state index in [1.54, 1.807) is 18.2 Å². The van der Waals surface area contributed by atoms with Gasteiger partial charge in [-0.05, 0) is 75.7 Å². The molecule has 0 bridgehead atoms. The Labute approximate surface area is 167 Å². The maximum absolute atomic E-state index is 12.5. The van der Waals surface area contributed by atoms with Crippen molar-refractivity contribution in [3.8, 4) is 5.69 Å². The average Bonchev–Trinajstić information content (AvgIpc) is 3.03. The zero-order valence-electron chi connectivity index (χ0n) is 16.3. The number of amides is 2. The molecule has 2 heterocycles. The molecule has 1 aromatic carbocycles. The van der Waals surface area contributed by atoms with Crippen LogP contribution in [-0.4, -0.2) is 31.6 Å². The third-order valence-corrected chi connectivity index (χ3v) is 5.61. The molecule has 2 aromatic rings. The number of non-ortho nitro benzene ring substituents is 1. The number of nitro benzene ring substituents is 1. The fourth-order valence-electron chi connectivity index (χ4n) is 3.37. The summed E-state index contributed by atoms with van der Waals surface area (Å²) in [6.07, 6.45) is 1.74. The lowest BCUT2D eigenvalue weighted by atomic mass is 10.1. The van der Waals surface area contributed by atoms with Crippen molar-refractivity contribution in [1.82, 2.24) is 9.47 Å². The Morgan fingerprint density at radius 3 is 2.36 bits per heavy atom. The molecule has 0 saturated carbocycles. The summed E-state index contributed by atoms with van der Waals surface area (Å²) >= 11 is 0.947. The van der Waals surface area contributed by atoms with Gasteiger partial charge in [0.15, 0.2) is 0 Å². The molecule has 2 amide bonds. The standard InChI is InChI=1S/C20H21N3O4S/c1-11(2)21-19(24)18(28-20(21)25)10-15-9-13(4)22(14(15)5)17-7-6-16(23(26)27)8-12(17)3/h6-11H,1-5H3/b18-10+. The fraction of sp³-hybridized carbons (Fsp3) is 0.300. The van der Waals surface area contributed by atoms with Gasteiger partial charge in [-0.15, -0.1) is 0 Å². The van der Waals surface area contributed by atoms with Crippen molar-refractivity contribution in [2.24, 2.45) is 0 Å². The van der Waals surface area contributed by atoms with Crippen molar-refractivity contribution in [1.29, 1.82) is 0 Å². The molecule has 28 heavy (non-hydrogen) atoms. The predicted molar refractivity (Wildman–Crippen MR) is 110 cm³/mol. The van der Waals surface area contributed by atoms with Gasteiger partial charge in [0, 0.05) is 35.2 Å². The minimum Gasteiger partial charge on any atom is -0.318 e. The van der Waals surface area contributed by atoms with Crippen LogP contribution in [0.5, 0.6) is 0 Å². The van der Waals surface area contributed by atoms with Crippen molar-refractivity contribution in [2.75, 3.05) is 0 Å². The number of carbonyl (C=O) groups excluding carboxylic acids is 2. The molecule has 0 aliphatic carbocycles. The van der Waals surface area contributed by atoms with Crippen molar-refractivity contribution in [3.63, 3.8) is 0 Å². The molecule has 146 valence electrons. The maximum atomic E-state index is 12.5. The Kier molecular flexibility index (Phi) is 5.16. The van der Waals surface area contributed by atoms with Crippen LogP contribution in [0.4, 0.5) is 10.5 Å². The van der Waals surface area contributed by atoms with Crippen LogP contribution in [0.1, 0.15) is 36.4 Å². The number of thioether (sulfide) groups is 1. The molecule has 0 radical (unpaired) electrons. The van der Waals surface area contributed by atoms with E-state index in [4.69, 9.17) is 0 Å². The Balaban J connectivity index is 2.03. The second kappa shape index (κ2) is 7.27. The molecular weight excluding hydrogens is 378 g/mol. The quantitative estimate of drug-likeness (QED) is 0.420. The van der Waals surface area contributed by atoms with Crippen LogP contribution in [0, 0.1) is 30.9 Å². The van der Waals surface area contributed by atoms with Crippen LogP contribution in [-0.2, 0) is 4.79 Å². The van der Waals surface area contributed by atoms with E-state index >= 15 is 0 Å². The SMILES string of the molecule is Cc1cc([N+](=O)[O-])ccc1-n1c(C)cc(/C=C2/SC(=O)N(C(C)C)C2=O)c1C. The summed E-state index contributed by atoms with van der Waals surface area (Å²) in [5, 5.41) is 10.7. The average molecular weight is 399 g/mol. The van der Waals surface area contributed by atoms with Gasteiger partial charge in [0.25, 0.3) is 16.8 Å². The second-order valence-corrected chi connectivity index (χ2v) is 8.03. The normalized spacial score (nSPS) is 15.9. The molecule has 0 spiro atoms. The van der Waals surface area contributed by atoms with Crippen molar-refractivity contribution in [3.05, 3.63) is 61.8 Å². The zero-order valence-corrected chi connectivity index (χ0v) is 17.2. The van der Waals surface area contributed by atoms with E-state index in [2.05, 4.69) is 0 Å². The number of hydrogen-bond donors (Lipinski definition) is 0. The summed E-state index contributed by atoms with van der Waals surface area (Å²) in [6.45, 7) is 9.30. The van der Waals surface area contributed by atoms with Crippen LogP contribution < -0.4 is 0 Å². The third kappa shape index (κ3) is 3.35. The fourth-order valence-corrected chi connectivity index (χ4v) is 4.33. The first-order chi connectivity index (χ1) is 13.1. The highest BCUT2D eigenvalue weighted by Gasteiger charge is 2.36.